The maximum absolute atomic E-state index is 12.1. The van der Waals surface area contributed by atoms with E-state index >= 15 is 0 Å². The molecule has 1 unspecified atom stereocenters. The van der Waals surface area contributed by atoms with E-state index in [1.165, 1.54) is 12.8 Å². The molecule has 2 N–H and O–H groups in total. The Bertz CT molecular complexity index is 675. The number of para-hydroxylation sites is 2. The van der Waals surface area contributed by atoms with E-state index in [4.69, 9.17) is 4.42 Å². The Kier molecular flexibility index (Phi) is 4.28. The lowest BCUT2D eigenvalue weighted by molar-refractivity contribution is 0.236. The van der Waals surface area contributed by atoms with Crippen molar-refractivity contribution in [3.8, 4) is 0 Å². The quantitative estimate of drug-likeness (QED) is 0.905. The number of carbonyl (C=O) groups excluding carboxylic acids is 1. The number of nitrogens with zero attached hydrogens (tertiary/aromatic N) is 2. The summed E-state index contributed by atoms with van der Waals surface area (Å²) in [6.07, 6.45) is 6.79. The first-order chi connectivity index (χ1) is 11.8. The number of benzene rings is 1. The number of nitrogens with one attached hydrogen (secondary N) is 2. The number of rotatable bonds is 4. The van der Waals surface area contributed by atoms with E-state index in [2.05, 4.69) is 20.5 Å². The van der Waals surface area contributed by atoms with Crippen molar-refractivity contribution in [3.05, 3.63) is 24.3 Å². The van der Waals surface area contributed by atoms with E-state index in [9.17, 15) is 4.79 Å². The van der Waals surface area contributed by atoms with Gasteiger partial charge in [0.15, 0.2) is 5.58 Å². The van der Waals surface area contributed by atoms with E-state index in [0.29, 0.717) is 18.6 Å². The van der Waals surface area contributed by atoms with Crippen molar-refractivity contribution in [1.82, 2.24) is 15.6 Å². The molecule has 1 atom stereocenters. The molecule has 128 valence electrons. The molecule has 2 aliphatic rings. The average molecular weight is 328 g/mol. The molecule has 1 saturated heterocycles. The lowest BCUT2D eigenvalue weighted by Gasteiger charge is -2.23. The molecule has 2 fully saturated rings. The van der Waals surface area contributed by atoms with Crippen LogP contribution in [0.5, 0.6) is 0 Å². The summed E-state index contributed by atoms with van der Waals surface area (Å²) in [4.78, 5) is 18.8. The Morgan fingerprint density at radius 3 is 2.88 bits per heavy atom. The van der Waals surface area contributed by atoms with E-state index in [1.807, 2.05) is 24.3 Å². The van der Waals surface area contributed by atoms with Gasteiger partial charge in [-0.05, 0) is 37.8 Å². The third-order valence-electron chi connectivity index (χ3n) is 5.09. The minimum absolute atomic E-state index is 0.0497. The van der Waals surface area contributed by atoms with Crippen LogP contribution in [0.15, 0.2) is 28.7 Å². The number of urea groups is 1. The molecule has 0 spiro atoms. The third-order valence-corrected chi connectivity index (χ3v) is 5.09. The predicted octanol–water partition coefficient (Wildman–Crippen LogP) is 3.04. The van der Waals surface area contributed by atoms with Gasteiger partial charge in [0.1, 0.15) is 5.52 Å². The second-order valence-corrected chi connectivity index (χ2v) is 6.79. The highest BCUT2D eigenvalue weighted by Gasteiger charge is 2.29. The Balaban J connectivity index is 1.36. The maximum atomic E-state index is 12.1. The van der Waals surface area contributed by atoms with Gasteiger partial charge in [-0.25, -0.2) is 4.79 Å². The van der Waals surface area contributed by atoms with Crippen LogP contribution in [-0.4, -0.2) is 36.2 Å². The van der Waals surface area contributed by atoms with Crippen LogP contribution in [0.3, 0.4) is 0 Å². The van der Waals surface area contributed by atoms with Gasteiger partial charge in [-0.15, -0.1) is 0 Å². The van der Waals surface area contributed by atoms with Crippen molar-refractivity contribution in [2.45, 2.75) is 50.6 Å². The molecule has 1 aliphatic carbocycles. The molecule has 2 amide bonds. The van der Waals surface area contributed by atoms with Gasteiger partial charge < -0.3 is 20.0 Å². The van der Waals surface area contributed by atoms with Crippen LogP contribution in [0.25, 0.3) is 11.1 Å². The topological polar surface area (TPSA) is 70.4 Å². The second-order valence-electron chi connectivity index (χ2n) is 6.79. The summed E-state index contributed by atoms with van der Waals surface area (Å²) >= 11 is 0. The SMILES string of the molecule is O=C(NCC1CCCN1c1nc2ccccc2o1)NC1CCCC1. The van der Waals surface area contributed by atoms with Crippen molar-refractivity contribution in [2.75, 3.05) is 18.0 Å². The highest BCUT2D eigenvalue weighted by Crippen LogP contribution is 2.28. The van der Waals surface area contributed by atoms with Gasteiger partial charge in [-0.1, -0.05) is 25.0 Å². The van der Waals surface area contributed by atoms with Crippen molar-refractivity contribution in [3.63, 3.8) is 0 Å². The highest BCUT2D eigenvalue weighted by atomic mass is 16.4. The number of fused-ring (bicyclic) bond motifs is 1. The maximum Gasteiger partial charge on any atom is 0.315 e. The monoisotopic (exact) mass is 328 g/mol. The average Bonchev–Trinajstić information content (AvgIpc) is 3.32. The molecule has 2 aromatic rings. The molecule has 2 heterocycles. The molecule has 6 nitrogen and oxygen atoms in total. The standard InChI is InChI=1S/C18H24N4O2/c23-17(20-13-6-1-2-7-13)19-12-14-8-5-11-22(14)18-21-15-9-3-4-10-16(15)24-18/h3-4,9-10,13-14H,1-2,5-8,11-12H2,(H2,19,20,23). The minimum atomic E-state index is -0.0497. The second kappa shape index (κ2) is 6.71. The first-order valence-corrected chi connectivity index (χ1v) is 8.96. The van der Waals surface area contributed by atoms with Crippen LogP contribution in [0, 0.1) is 0 Å². The van der Waals surface area contributed by atoms with E-state index in [-0.39, 0.29) is 12.1 Å². The number of anilines is 1. The lowest BCUT2D eigenvalue weighted by atomic mass is 10.2. The first kappa shape index (κ1) is 15.3. The largest absolute Gasteiger partial charge is 0.423 e. The summed E-state index contributed by atoms with van der Waals surface area (Å²) in [6, 6.07) is 9.01. The van der Waals surface area contributed by atoms with Gasteiger partial charge in [0.05, 0.1) is 6.04 Å². The van der Waals surface area contributed by atoms with Gasteiger partial charge >= 0.3 is 6.03 Å². The first-order valence-electron chi connectivity index (χ1n) is 8.96. The van der Waals surface area contributed by atoms with Gasteiger partial charge in [0.2, 0.25) is 0 Å². The summed E-state index contributed by atoms with van der Waals surface area (Å²) in [7, 11) is 0. The number of amides is 2. The zero-order valence-corrected chi connectivity index (χ0v) is 13.8. The lowest BCUT2D eigenvalue weighted by Crippen LogP contribution is -2.46. The van der Waals surface area contributed by atoms with Crippen LogP contribution >= 0.6 is 0 Å². The third kappa shape index (κ3) is 3.18. The number of hydrogen-bond donors (Lipinski definition) is 2. The van der Waals surface area contributed by atoms with Gasteiger partial charge in [0, 0.05) is 19.1 Å². The fourth-order valence-corrected chi connectivity index (χ4v) is 3.80. The molecular weight excluding hydrogens is 304 g/mol. The smallest absolute Gasteiger partial charge is 0.315 e. The molecule has 1 aromatic heterocycles. The van der Waals surface area contributed by atoms with Crippen molar-refractivity contribution in [1.29, 1.82) is 0 Å². The van der Waals surface area contributed by atoms with Gasteiger partial charge in [0.25, 0.3) is 6.01 Å². The van der Waals surface area contributed by atoms with Crippen LogP contribution in [-0.2, 0) is 0 Å². The van der Waals surface area contributed by atoms with E-state index < -0.39 is 0 Å². The summed E-state index contributed by atoms with van der Waals surface area (Å²) in [5, 5.41) is 6.10. The van der Waals surface area contributed by atoms with Gasteiger partial charge in [-0.3, -0.25) is 0 Å². The molecule has 0 radical (unpaired) electrons. The van der Waals surface area contributed by atoms with Crippen LogP contribution in [0.1, 0.15) is 38.5 Å². The predicted molar refractivity (Wildman–Crippen MR) is 93.2 cm³/mol. The van der Waals surface area contributed by atoms with Crippen LogP contribution < -0.4 is 15.5 Å². The number of aromatic nitrogens is 1. The van der Waals surface area contributed by atoms with Crippen molar-refractivity contribution < 1.29 is 9.21 Å². The summed E-state index contributed by atoms with van der Waals surface area (Å²) < 4.78 is 5.88. The Morgan fingerprint density at radius 2 is 2.04 bits per heavy atom. The molecule has 24 heavy (non-hydrogen) atoms. The molecule has 4 rings (SSSR count). The van der Waals surface area contributed by atoms with Crippen molar-refractivity contribution in [2.24, 2.45) is 0 Å². The van der Waals surface area contributed by atoms with Gasteiger partial charge in [-0.2, -0.15) is 4.98 Å². The Hall–Kier alpha value is -2.24. The molecular formula is C18H24N4O2. The fourth-order valence-electron chi connectivity index (χ4n) is 3.80. The molecule has 1 aromatic carbocycles. The van der Waals surface area contributed by atoms with Crippen molar-refractivity contribution >= 4 is 23.1 Å². The zero-order chi connectivity index (χ0) is 16.4. The van der Waals surface area contributed by atoms with E-state index in [1.54, 1.807) is 0 Å². The normalized spacial score (nSPS) is 21.5. The van der Waals surface area contributed by atoms with E-state index in [0.717, 1.165) is 43.3 Å². The number of oxazole rings is 1. The Morgan fingerprint density at radius 1 is 1.21 bits per heavy atom. The molecule has 0 bridgehead atoms. The van der Waals surface area contributed by atoms with Crippen LogP contribution in [0.2, 0.25) is 0 Å². The summed E-state index contributed by atoms with van der Waals surface area (Å²) in [5.74, 6) is 0. The Labute approximate surface area is 141 Å². The summed E-state index contributed by atoms with van der Waals surface area (Å²) in [5.41, 5.74) is 1.69. The zero-order valence-electron chi connectivity index (χ0n) is 13.8. The van der Waals surface area contributed by atoms with Crippen LogP contribution in [0.4, 0.5) is 10.8 Å². The molecule has 1 saturated carbocycles. The molecule has 1 aliphatic heterocycles. The molecule has 6 heteroatoms. The number of hydrogen-bond acceptors (Lipinski definition) is 4. The highest BCUT2D eigenvalue weighted by molar-refractivity contribution is 5.75. The minimum Gasteiger partial charge on any atom is -0.423 e. The summed E-state index contributed by atoms with van der Waals surface area (Å²) in [6.45, 7) is 1.54. The fraction of sp³-hybridized carbons (Fsp3) is 0.556. The number of carbonyl (C=O) groups is 1.